The molecule has 1 unspecified atom stereocenters. The highest BCUT2D eigenvalue weighted by molar-refractivity contribution is 5.95. The first-order valence-corrected chi connectivity index (χ1v) is 10.9. The number of halogens is 1. The van der Waals surface area contributed by atoms with Gasteiger partial charge >= 0.3 is 6.03 Å². The number of fused-ring (bicyclic) bond motifs is 3. The van der Waals surface area contributed by atoms with Crippen LogP contribution in [-0.2, 0) is 26.6 Å². The summed E-state index contributed by atoms with van der Waals surface area (Å²) in [5.74, 6) is -0.770. The Labute approximate surface area is 195 Å². The van der Waals surface area contributed by atoms with Crippen molar-refractivity contribution in [3.63, 3.8) is 0 Å². The van der Waals surface area contributed by atoms with Crippen molar-refractivity contribution in [3.8, 4) is 6.07 Å². The molecular weight excluding hydrogens is 439 g/mol. The number of benzene rings is 1. The number of nitrogens with one attached hydrogen (secondary N) is 1. The van der Waals surface area contributed by atoms with E-state index in [0.29, 0.717) is 37.4 Å². The molecule has 0 bridgehead atoms. The number of carbonyl (C=O) groups excluding carboxylic acids is 2. The van der Waals surface area contributed by atoms with Crippen LogP contribution in [0.1, 0.15) is 38.9 Å². The van der Waals surface area contributed by atoms with Crippen LogP contribution >= 0.6 is 0 Å². The number of anilines is 1. The van der Waals surface area contributed by atoms with Gasteiger partial charge in [0.15, 0.2) is 0 Å². The molecule has 34 heavy (non-hydrogen) atoms. The van der Waals surface area contributed by atoms with Crippen molar-refractivity contribution < 1.29 is 14.0 Å². The molecule has 5 rings (SSSR count). The Balaban J connectivity index is 1.39. The number of aryl methyl sites for hydroxylation is 1. The topological polar surface area (TPSA) is 112 Å². The fourth-order valence-electron chi connectivity index (χ4n) is 4.56. The van der Waals surface area contributed by atoms with Crippen LogP contribution in [0, 0.1) is 17.1 Å². The third-order valence-corrected chi connectivity index (χ3v) is 6.32. The monoisotopic (exact) mass is 462 g/mol. The van der Waals surface area contributed by atoms with E-state index < -0.39 is 5.82 Å². The summed E-state index contributed by atoms with van der Waals surface area (Å²) in [5, 5.41) is 21.0. The molecule has 2 aliphatic rings. The fraction of sp³-hybridized carbons (Fsp3) is 0.348. The zero-order chi connectivity index (χ0) is 24.0. The van der Waals surface area contributed by atoms with Crippen LogP contribution in [-0.4, -0.2) is 61.4 Å². The minimum absolute atomic E-state index is 0.00459. The van der Waals surface area contributed by atoms with Crippen molar-refractivity contribution in [2.75, 3.05) is 25.5 Å². The molecule has 10 nitrogen and oxygen atoms in total. The van der Waals surface area contributed by atoms with Gasteiger partial charge in [-0.25, -0.2) is 9.18 Å². The standard InChI is InChI=1S/C23H23FN8O2/c1-29-11-15(19-5-7-30(2)27-19)12-32-21(22(29)33)17-13-31(8-6-20(17)28-32)23(34)26-16-3-4-18(24)14(9-16)10-25/h3-5,7,9,15H,6,8,11-13H2,1-2H3,(H,26,34). The van der Waals surface area contributed by atoms with E-state index in [9.17, 15) is 14.0 Å². The summed E-state index contributed by atoms with van der Waals surface area (Å²) in [6.07, 6.45) is 2.40. The first kappa shape index (κ1) is 21.6. The van der Waals surface area contributed by atoms with Crippen molar-refractivity contribution in [2.24, 2.45) is 7.05 Å². The molecule has 0 radical (unpaired) electrons. The Morgan fingerprint density at radius 3 is 2.79 bits per heavy atom. The van der Waals surface area contributed by atoms with Crippen LogP contribution < -0.4 is 5.32 Å². The summed E-state index contributed by atoms with van der Waals surface area (Å²) < 4.78 is 17.1. The number of likely N-dealkylation sites (N-methyl/N-ethyl adjacent to an activating group) is 1. The molecule has 4 heterocycles. The molecule has 2 aliphatic heterocycles. The third kappa shape index (κ3) is 3.77. The number of rotatable bonds is 2. The zero-order valence-electron chi connectivity index (χ0n) is 18.8. The maximum absolute atomic E-state index is 13.6. The van der Waals surface area contributed by atoms with Crippen LogP contribution in [0.4, 0.5) is 14.9 Å². The Hall–Kier alpha value is -4.20. The van der Waals surface area contributed by atoms with E-state index >= 15 is 0 Å². The number of hydrogen-bond donors (Lipinski definition) is 1. The van der Waals surface area contributed by atoms with E-state index in [1.165, 1.54) is 12.1 Å². The van der Waals surface area contributed by atoms with Gasteiger partial charge in [0.2, 0.25) is 0 Å². The summed E-state index contributed by atoms with van der Waals surface area (Å²) in [5.41, 5.74) is 3.16. The predicted octanol–water partition coefficient (Wildman–Crippen LogP) is 2.09. The molecule has 11 heteroatoms. The van der Waals surface area contributed by atoms with Gasteiger partial charge in [-0.2, -0.15) is 15.5 Å². The lowest BCUT2D eigenvalue weighted by molar-refractivity contribution is 0.0788. The number of nitriles is 1. The summed E-state index contributed by atoms with van der Waals surface area (Å²) in [4.78, 5) is 29.5. The van der Waals surface area contributed by atoms with Crippen molar-refractivity contribution >= 4 is 17.6 Å². The Kier molecular flexibility index (Phi) is 5.28. The van der Waals surface area contributed by atoms with Gasteiger partial charge in [0.1, 0.15) is 17.6 Å². The van der Waals surface area contributed by atoms with Gasteiger partial charge in [-0.15, -0.1) is 0 Å². The van der Waals surface area contributed by atoms with Gasteiger partial charge in [0, 0.05) is 57.0 Å². The maximum atomic E-state index is 13.6. The molecule has 3 aromatic rings. The number of amides is 3. The van der Waals surface area contributed by atoms with Gasteiger partial charge in [-0.05, 0) is 24.3 Å². The Bertz CT molecular complexity index is 1340. The molecule has 1 N–H and O–H groups in total. The van der Waals surface area contributed by atoms with Crippen molar-refractivity contribution in [1.82, 2.24) is 29.4 Å². The lowest BCUT2D eigenvalue weighted by atomic mass is 10.0. The van der Waals surface area contributed by atoms with Crippen molar-refractivity contribution in [1.29, 1.82) is 5.26 Å². The molecule has 0 aliphatic carbocycles. The van der Waals surface area contributed by atoms with Gasteiger partial charge in [-0.3, -0.25) is 14.2 Å². The van der Waals surface area contributed by atoms with Gasteiger partial charge in [0.25, 0.3) is 5.91 Å². The van der Waals surface area contributed by atoms with E-state index in [0.717, 1.165) is 23.0 Å². The number of urea groups is 1. The quantitative estimate of drug-likeness (QED) is 0.627. The lowest BCUT2D eigenvalue weighted by Gasteiger charge is -2.27. The molecule has 0 fully saturated rings. The largest absolute Gasteiger partial charge is 0.340 e. The molecule has 0 spiro atoms. The summed E-state index contributed by atoms with van der Waals surface area (Å²) >= 11 is 0. The van der Waals surface area contributed by atoms with Crippen LogP contribution in [0.3, 0.4) is 0 Å². The van der Waals surface area contributed by atoms with E-state index in [-0.39, 0.29) is 30.0 Å². The highest BCUT2D eigenvalue weighted by Crippen LogP contribution is 2.29. The van der Waals surface area contributed by atoms with Crippen LogP contribution in [0.2, 0.25) is 0 Å². The second-order valence-electron chi connectivity index (χ2n) is 8.66. The molecule has 1 aromatic carbocycles. The van der Waals surface area contributed by atoms with Crippen LogP contribution in [0.25, 0.3) is 0 Å². The first-order valence-electron chi connectivity index (χ1n) is 10.9. The Morgan fingerprint density at radius 1 is 1.24 bits per heavy atom. The summed E-state index contributed by atoms with van der Waals surface area (Å²) in [6, 6.07) is 7.18. The molecule has 2 aromatic heterocycles. The fourth-order valence-corrected chi connectivity index (χ4v) is 4.56. The molecular formula is C23H23FN8O2. The number of carbonyl (C=O) groups is 2. The number of aromatic nitrogens is 4. The van der Waals surface area contributed by atoms with E-state index in [1.54, 1.807) is 32.3 Å². The summed E-state index contributed by atoms with van der Waals surface area (Å²) in [6.45, 7) is 1.70. The molecule has 0 saturated carbocycles. The minimum atomic E-state index is -0.641. The highest BCUT2D eigenvalue weighted by atomic mass is 19.1. The molecule has 0 saturated heterocycles. The normalized spacial score (nSPS) is 17.6. The molecule has 174 valence electrons. The average Bonchev–Trinajstić information content (AvgIpc) is 3.38. The van der Waals surface area contributed by atoms with Gasteiger partial charge < -0.3 is 15.1 Å². The van der Waals surface area contributed by atoms with Gasteiger partial charge in [0.05, 0.1) is 30.0 Å². The summed E-state index contributed by atoms with van der Waals surface area (Å²) in [7, 11) is 3.63. The van der Waals surface area contributed by atoms with E-state index in [2.05, 4.69) is 10.4 Å². The Morgan fingerprint density at radius 2 is 2.06 bits per heavy atom. The molecule has 1 atom stereocenters. The predicted molar refractivity (Wildman–Crippen MR) is 119 cm³/mol. The average molecular weight is 462 g/mol. The maximum Gasteiger partial charge on any atom is 0.322 e. The van der Waals surface area contributed by atoms with Crippen LogP contribution in [0.15, 0.2) is 30.5 Å². The first-order chi connectivity index (χ1) is 16.3. The second-order valence-corrected chi connectivity index (χ2v) is 8.66. The van der Waals surface area contributed by atoms with E-state index in [1.807, 2.05) is 19.3 Å². The van der Waals surface area contributed by atoms with Crippen molar-refractivity contribution in [2.45, 2.75) is 25.4 Å². The minimum Gasteiger partial charge on any atom is -0.340 e. The lowest BCUT2D eigenvalue weighted by Crippen LogP contribution is -2.39. The van der Waals surface area contributed by atoms with Crippen molar-refractivity contribution in [3.05, 3.63) is 64.5 Å². The number of nitrogens with zero attached hydrogens (tertiary/aromatic N) is 7. The van der Waals surface area contributed by atoms with Gasteiger partial charge in [-0.1, -0.05) is 0 Å². The highest BCUT2D eigenvalue weighted by Gasteiger charge is 2.35. The smallest absolute Gasteiger partial charge is 0.322 e. The second kappa shape index (κ2) is 8.30. The van der Waals surface area contributed by atoms with Crippen LogP contribution in [0.5, 0.6) is 0 Å². The zero-order valence-corrected chi connectivity index (χ0v) is 18.8. The SMILES string of the molecule is CN1CC(c2ccn(C)n2)Cn2nc3c(c2C1=O)CN(C(=O)Nc1ccc(F)c(C#N)c1)CC3. The molecule has 3 amide bonds. The van der Waals surface area contributed by atoms with E-state index in [4.69, 9.17) is 10.4 Å². The number of hydrogen-bond acceptors (Lipinski definition) is 5. The third-order valence-electron chi connectivity index (χ3n) is 6.32.